The van der Waals surface area contributed by atoms with Crippen molar-refractivity contribution in [3.05, 3.63) is 34.9 Å². The molecule has 21 heavy (non-hydrogen) atoms. The van der Waals surface area contributed by atoms with Crippen molar-refractivity contribution in [1.82, 2.24) is 10.6 Å². The topological polar surface area (TPSA) is 95.5 Å². The molecule has 8 heteroatoms. The summed E-state index contributed by atoms with van der Waals surface area (Å²) >= 11 is 5.82. The Morgan fingerprint density at radius 1 is 1.43 bits per heavy atom. The number of benzene rings is 1. The van der Waals surface area contributed by atoms with Gasteiger partial charge in [-0.05, 0) is 5.02 Å². The van der Waals surface area contributed by atoms with Gasteiger partial charge in [0.15, 0.2) is 5.91 Å². The number of halogens is 1. The molecule has 0 saturated carbocycles. The van der Waals surface area contributed by atoms with Crippen LogP contribution in [0.1, 0.15) is 23.7 Å². The van der Waals surface area contributed by atoms with Crippen LogP contribution in [0.2, 0.25) is 5.02 Å². The molecule has 1 aromatic rings. The standard InChI is InChI=1S/C13H14ClN2O4.U/c1-2-11(17)15-7-10(13(19)20)16-12(18)8-5-3-4-6-9(8)14;/h3-4,6,10H,2,7H2,1H3,(H,15,17)(H,16,18)(H,19,20);/q-1;+2. The van der Waals surface area contributed by atoms with Gasteiger partial charge in [0.05, 0.1) is 0 Å². The third-order valence-electron chi connectivity index (χ3n) is 2.46. The average Bonchev–Trinajstić information content (AvgIpc) is 2.42. The van der Waals surface area contributed by atoms with Crippen LogP contribution in [-0.2, 0) is 9.59 Å². The smallest absolute Gasteiger partial charge is 0.480 e. The van der Waals surface area contributed by atoms with Gasteiger partial charge in [-0.25, -0.2) is 4.79 Å². The number of carbonyl (C=O) groups excluding carboxylic acids is 2. The molecule has 0 aromatic heterocycles. The molecule has 0 aliphatic rings. The fourth-order valence-corrected chi connectivity index (χ4v) is 1.57. The van der Waals surface area contributed by atoms with Crippen LogP contribution in [0, 0.1) is 37.2 Å². The molecule has 110 valence electrons. The van der Waals surface area contributed by atoms with Crippen LogP contribution in [0.25, 0.3) is 0 Å². The summed E-state index contributed by atoms with van der Waals surface area (Å²) in [5, 5.41) is 13.9. The van der Waals surface area contributed by atoms with E-state index in [4.69, 9.17) is 16.7 Å². The zero-order valence-electron chi connectivity index (χ0n) is 11.3. The van der Waals surface area contributed by atoms with Gasteiger partial charge in [0, 0.05) is 13.0 Å². The van der Waals surface area contributed by atoms with E-state index >= 15 is 0 Å². The molecule has 1 unspecified atom stereocenters. The minimum Gasteiger partial charge on any atom is -0.480 e. The molecule has 1 aromatic carbocycles. The number of carboxylic acids is 1. The van der Waals surface area contributed by atoms with Gasteiger partial charge in [0.25, 0.3) is 0 Å². The van der Waals surface area contributed by atoms with E-state index in [1.54, 1.807) is 13.0 Å². The van der Waals surface area contributed by atoms with Gasteiger partial charge >= 0.3 is 37.1 Å². The van der Waals surface area contributed by atoms with Gasteiger partial charge in [-0.2, -0.15) is 0 Å². The van der Waals surface area contributed by atoms with Crippen molar-refractivity contribution in [2.75, 3.05) is 6.54 Å². The van der Waals surface area contributed by atoms with Crippen molar-refractivity contribution in [3.63, 3.8) is 0 Å². The largest absolute Gasteiger partial charge is 2.00 e. The Hall–Kier alpha value is -1.03. The summed E-state index contributed by atoms with van der Waals surface area (Å²) in [6.07, 6.45) is 0.235. The molecule has 0 spiro atoms. The number of carbonyl (C=O) groups is 3. The zero-order valence-corrected chi connectivity index (χ0v) is 16.2. The maximum Gasteiger partial charge on any atom is 2.00 e. The van der Waals surface area contributed by atoms with E-state index in [-0.39, 0.29) is 60.6 Å². The van der Waals surface area contributed by atoms with Crippen LogP contribution in [0.4, 0.5) is 0 Å². The van der Waals surface area contributed by atoms with Crippen LogP contribution >= 0.6 is 11.6 Å². The van der Waals surface area contributed by atoms with E-state index in [0.29, 0.717) is 0 Å². The van der Waals surface area contributed by atoms with E-state index in [1.807, 2.05) is 0 Å². The monoisotopic (exact) mass is 535 g/mol. The van der Waals surface area contributed by atoms with Gasteiger partial charge in [-0.3, -0.25) is 4.79 Å². The van der Waals surface area contributed by atoms with E-state index in [1.165, 1.54) is 12.1 Å². The molecule has 3 N–H and O–H groups in total. The Labute approximate surface area is 151 Å². The van der Waals surface area contributed by atoms with E-state index in [0.717, 1.165) is 0 Å². The first kappa shape index (κ1) is 20.0. The second-order valence-electron chi connectivity index (χ2n) is 3.91. The van der Waals surface area contributed by atoms with E-state index < -0.39 is 17.9 Å². The average molecular weight is 536 g/mol. The predicted octanol–water partition coefficient (Wildman–Crippen LogP) is 0.849. The summed E-state index contributed by atoms with van der Waals surface area (Å²) in [5.41, 5.74) is 0.0576. The number of carboxylic acid groups (broad SMARTS) is 1. The van der Waals surface area contributed by atoms with Crippen LogP contribution in [0.15, 0.2) is 18.2 Å². The molecule has 6 nitrogen and oxygen atoms in total. The third kappa shape index (κ3) is 6.51. The first-order valence-corrected chi connectivity index (χ1v) is 6.30. The van der Waals surface area contributed by atoms with Gasteiger partial charge in [0.1, 0.15) is 6.04 Å². The van der Waals surface area contributed by atoms with Gasteiger partial charge in [-0.15, -0.1) is 35.9 Å². The number of aliphatic carboxylic acids is 1. The van der Waals surface area contributed by atoms with Crippen LogP contribution in [-0.4, -0.2) is 35.5 Å². The zero-order chi connectivity index (χ0) is 15.1. The first-order valence-electron chi connectivity index (χ1n) is 5.92. The van der Waals surface area contributed by atoms with E-state index in [9.17, 15) is 14.4 Å². The van der Waals surface area contributed by atoms with Gasteiger partial charge in [-0.1, -0.05) is 12.5 Å². The van der Waals surface area contributed by atoms with Crippen molar-refractivity contribution < 1.29 is 50.6 Å². The van der Waals surface area contributed by atoms with Gasteiger partial charge < -0.3 is 20.5 Å². The molecule has 2 amide bonds. The van der Waals surface area contributed by atoms with Crippen LogP contribution in [0.3, 0.4) is 0 Å². The molecule has 0 heterocycles. The summed E-state index contributed by atoms with van der Waals surface area (Å²) in [7, 11) is 0. The minimum atomic E-state index is -1.25. The first-order chi connectivity index (χ1) is 9.45. The van der Waals surface area contributed by atoms with Crippen molar-refractivity contribution in [1.29, 1.82) is 0 Å². The number of nitrogens with one attached hydrogen (secondary N) is 2. The number of rotatable bonds is 6. The van der Waals surface area contributed by atoms with Crippen molar-refractivity contribution >= 4 is 29.4 Å². The Morgan fingerprint density at radius 3 is 2.62 bits per heavy atom. The quantitative estimate of drug-likeness (QED) is 0.471. The molecular formula is C13H14ClN2O4U+. The molecule has 0 bridgehead atoms. The summed E-state index contributed by atoms with van der Waals surface area (Å²) < 4.78 is 0. The fraction of sp³-hybridized carbons (Fsp3) is 0.308. The molecule has 1 rings (SSSR count). The Bertz CT molecular complexity index is 525. The Morgan fingerprint density at radius 2 is 2.10 bits per heavy atom. The van der Waals surface area contributed by atoms with Crippen LogP contribution in [0.5, 0.6) is 0 Å². The molecule has 0 fully saturated rings. The fourth-order valence-electron chi connectivity index (χ4n) is 1.36. The molecular weight excluding hydrogens is 522 g/mol. The van der Waals surface area contributed by atoms with Crippen LogP contribution < -0.4 is 10.6 Å². The maximum absolute atomic E-state index is 11.9. The summed E-state index contributed by atoms with van der Waals surface area (Å²) in [6, 6.07) is 6.00. The summed E-state index contributed by atoms with van der Waals surface area (Å²) in [5.74, 6) is -2.20. The van der Waals surface area contributed by atoms with Crippen molar-refractivity contribution in [3.8, 4) is 0 Å². The molecule has 0 radical (unpaired) electrons. The maximum atomic E-state index is 11.9. The second kappa shape index (κ2) is 9.83. The minimum absolute atomic E-state index is 0. The number of amides is 2. The Kier molecular flexibility index (Phi) is 9.35. The molecule has 0 aliphatic carbocycles. The Balaban J connectivity index is 0.00000400. The predicted molar refractivity (Wildman–Crippen MR) is 72.5 cm³/mol. The second-order valence-corrected chi connectivity index (χ2v) is 4.32. The van der Waals surface area contributed by atoms with Crippen molar-refractivity contribution in [2.45, 2.75) is 19.4 Å². The van der Waals surface area contributed by atoms with Gasteiger partial charge in [0.2, 0.25) is 5.91 Å². The molecule has 0 saturated heterocycles. The number of hydrogen-bond donors (Lipinski definition) is 3. The molecule has 1 atom stereocenters. The van der Waals surface area contributed by atoms with Crippen molar-refractivity contribution in [2.24, 2.45) is 0 Å². The number of hydrogen-bond acceptors (Lipinski definition) is 3. The normalized spacial score (nSPS) is 11.0. The summed E-state index contributed by atoms with van der Waals surface area (Å²) in [4.78, 5) is 34.0. The third-order valence-corrected chi connectivity index (χ3v) is 2.78. The SMILES string of the molecule is CCC(=O)NCC(NC(=O)c1[c-]cccc1Cl)C(=O)O.[U+2]. The van der Waals surface area contributed by atoms with E-state index in [2.05, 4.69) is 16.7 Å². The molecule has 0 aliphatic heterocycles. The summed E-state index contributed by atoms with van der Waals surface area (Å²) in [6.45, 7) is 1.45.